The van der Waals surface area contributed by atoms with Gasteiger partial charge in [-0.25, -0.2) is 9.07 Å². The van der Waals surface area contributed by atoms with Gasteiger partial charge in [0.1, 0.15) is 5.82 Å². The van der Waals surface area contributed by atoms with Crippen LogP contribution in [0.25, 0.3) is 5.69 Å². The molecule has 16 heavy (non-hydrogen) atoms. The SMILES string of the molecule is Cc1nn(-c2ccc(F)cc2)c(C)c1CN. The van der Waals surface area contributed by atoms with Gasteiger partial charge in [-0.2, -0.15) is 5.10 Å². The lowest BCUT2D eigenvalue weighted by atomic mass is 10.2. The second-order valence-electron chi connectivity index (χ2n) is 3.74. The van der Waals surface area contributed by atoms with E-state index >= 15 is 0 Å². The number of nitrogens with two attached hydrogens (primary N) is 1. The molecule has 0 radical (unpaired) electrons. The molecule has 0 spiro atoms. The van der Waals surface area contributed by atoms with Gasteiger partial charge in [-0.05, 0) is 38.1 Å². The van der Waals surface area contributed by atoms with Crippen molar-refractivity contribution < 1.29 is 4.39 Å². The first-order valence-electron chi connectivity index (χ1n) is 5.14. The maximum absolute atomic E-state index is 12.8. The predicted octanol–water partition coefficient (Wildman–Crippen LogP) is 2.09. The van der Waals surface area contributed by atoms with Gasteiger partial charge >= 0.3 is 0 Å². The van der Waals surface area contributed by atoms with Gasteiger partial charge in [-0.1, -0.05) is 0 Å². The van der Waals surface area contributed by atoms with Crippen LogP contribution in [0.4, 0.5) is 4.39 Å². The van der Waals surface area contributed by atoms with Crippen molar-refractivity contribution in [2.75, 3.05) is 0 Å². The van der Waals surface area contributed by atoms with Gasteiger partial charge in [0, 0.05) is 17.8 Å². The number of hydrogen-bond donors (Lipinski definition) is 1. The van der Waals surface area contributed by atoms with Crippen molar-refractivity contribution in [1.29, 1.82) is 0 Å². The van der Waals surface area contributed by atoms with E-state index in [0.717, 1.165) is 22.6 Å². The van der Waals surface area contributed by atoms with E-state index in [-0.39, 0.29) is 5.82 Å². The summed E-state index contributed by atoms with van der Waals surface area (Å²) in [6, 6.07) is 6.26. The van der Waals surface area contributed by atoms with E-state index in [4.69, 9.17) is 5.73 Å². The molecule has 0 unspecified atom stereocenters. The third kappa shape index (κ3) is 1.72. The number of benzene rings is 1. The second kappa shape index (κ2) is 4.06. The summed E-state index contributed by atoms with van der Waals surface area (Å²) in [4.78, 5) is 0. The van der Waals surface area contributed by atoms with Gasteiger partial charge in [-0.15, -0.1) is 0 Å². The number of halogens is 1. The van der Waals surface area contributed by atoms with Crippen molar-refractivity contribution in [3.63, 3.8) is 0 Å². The molecule has 0 saturated heterocycles. The first-order chi connectivity index (χ1) is 7.63. The molecule has 84 valence electrons. The van der Waals surface area contributed by atoms with E-state index in [9.17, 15) is 4.39 Å². The first kappa shape index (κ1) is 10.8. The molecule has 1 heterocycles. The van der Waals surface area contributed by atoms with Crippen LogP contribution in [0.2, 0.25) is 0 Å². The Kier molecular flexibility index (Phi) is 2.75. The number of hydrogen-bond acceptors (Lipinski definition) is 2. The molecule has 1 aromatic heterocycles. The number of nitrogens with zero attached hydrogens (tertiary/aromatic N) is 2. The van der Waals surface area contributed by atoms with Crippen molar-refractivity contribution >= 4 is 0 Å². The van der Waals surface area contributed by atoms with Gasteiger partial charge in [-0.3, -0.25) is 0 Å². The standard InChI is InChI=1S/C12H14FN3/c1-8-12(7-14)9(2)16(15-8)11-5-3-10(13)4-6-11/h3-6H,7,14H2,1-2H3. The lowest BCUT2D eigenvalue weighted by Crippen LogP contribution is -2.02. The van der Waals surface area contributed by atoms with E-state index in [0.29, 0.717) is 6.54 Å². The third-order valence-electron chi connectivity index (χ3n) is 2.72. The molecular formula is C12H14FN3. The maximum atomic E-state index is 12.8. The second-order valence-corrected chi connectivity index (χ2v) is 3.74. The minimum Gasteiger partial charge on any atom is -0.326 e. The average Bonchev–Trinajstić information content (AvgIpc) is 2.55. The summed E-state index contributed by atoms with van der Waals surface area (Å²) in [5, 5.41) is 4.40. The third-order valence-corrected chi connectivity index (χ3v) is 2.72. The predicted molar refractivity (Wildman–Crippen MR) is 60.9 cm³/mol. The summed E-state index contributed by atoms with van der Waals surface area (Å²) in [6.07, 6.45) is 0. The van der Waals surface area contributed by atoms with Gasteiger partial charge < -0.3 is 5.73 Å². The Morgan fingerprint density at radius 3 is 2.38 bits per heavy atom. The zero-order chi connectivity index (χ0) is 11.7. The Morgan fingerprint density at radius 2 is 1.88 bits per heavy atom. The number of rotatable bonds is 2. The van der Waals surface area contributed by atoms with Crippen LogP contribution in [0.3, 0.4) is 0 Å². The van der Waals surface area contributed by atoms with Gasteiger partial charge in [0.2, 0.25) is 0 Å². The molecule has 0 aliphatic rings. The highest BCUT2D eigenvalue weighted by Gasteiger charge is 2.10. The fraction of sp³-hybridized carbons (Fsp3) is 0.250. The molecule has 0 atom stereocenters. The molecule has 0 saturated carbocycles. The number of aryl methyl sites for hydroxylation is 1. The molecule has 0 aliphatic carbocycles. The van der Waals surface area contributed by atoms with E-state index < -0.39 is 0 Å². The van der Waals surface area contributed by atoms with Gasteiger partial charge in [0.15, 0.2) is 0 Å². The average molecular weight is 219 g/mol. The summed E-state index contributed by atoms with van der Waals surface area (Å²) in [5.41, 5.74) is 9.47. The van der Waals surface area contributed by atoms with Gasteiger partial charge in [0.05, 0.1) is 11.4 Å². The molecule has 0 amide bonds. The highest BCUT2D eigenvalue weighted by Crippen LogP contribution is 2.17. The highest BCUT2D eigenvalue weighted by atomic mass is 19.1. The molecule has 2 rings (SSSR count). The van der Waals surface area contributed by atoms with Crippen LogP contribution in [0.5, 0.6) is 0 Å². The zero-order valence-electron chi connectivity index (χ0n) is 9.37. The monoisotopic (exact) mass is 219 g/mol. The van der Waals surface area contributed by atoms with E-state index in [1.165, 1.54) is 12.1 Å². The topological polar surface area (TPSA) is 43.8 Å². The fourth-order valence-electron chi connectivity index (χ4n) is 1.80. The van der Waals surface area contributed by atoms with Crippen molar-refractivity contribution in [2.24, 2.45) is 5.73 Å². The lowest BCUT2D eigenvalue weighted by molar-refractivity contribution is 0.627. The quantitative estimate of drug-likeness (QED) is 0.840. The minimum atomic E-state index is -0.246. The van der Waals surface area contributed by atoms with Crippen molar-refractivity contribution in [1.82, 2.24) is 9.78 Å². The highest BCUT2D eigenvalue weighted by molar-refractivity contribution is 5.37. The Hall–Kier alpha value is -1.68. The number of aromatic nitrogens is 2. The summed E-state index contributed by atoms with van der Waals surface area (Å²) in [5.74, 6) is -0.246. The molecule has 2 aromatic rings. The van der Waals surface area contributed by atoms with Crippen LogP contribution in [-0.4, -0.2) is 9.78 Å². The zero-order valence-corrected chi connectivity index (χ0v) is 9.37. The Labute approximate surface area is 93.7 Å². The molecule has 3 nitrogen and oxygen atoms in total. The summed E-state index contributed by atoms with van der Waals surface area (Å²) < 4.78 is 14.6. The Bertz CT molecular complexity index is 500. The van der Waals surface area contributed by atoms with Crippen LogP contribution in [0.1, 0.15) is 17.0 Å². The maximum Gasteiger partial charge on any atom is 0.123 e. The Morgan fingerprint density at radius 1 is 1.25 bits per heavy atom. The summed E-state index contributed by atoms with van der Waals surface area (Å²) >= 11 is 0. The molecule has 4 heteroatoms. The fourth-order valence-corrected chi connectivity index (χ4v) is 1.80. The van der Waals surface area contributed by atoms with Gasteiger partial charge in [0.25, 0.3) is 0 Å². The van der Waals surface area contributed by atoms with Crippen LogP contribution in [0.15, 0.2) is 24.3 Å². The van der Waals surface area contributed by atoms with Crippen molar-refractivity contribution in [3.05, 3.63) is 47.0 Å². The lowest BCUT2D eigenvalue weighted by Gasteiger charge is -2.04. The molecule has 0 aliphatic heterocycles. The molecular weight excluding hydrogens is 205 g/mol. The first-order valence-corrected chi connectivity index (χ1v) is 5.14. The van der Waals surface area contributed by atoms with Crippen molar-refractivity contribution in [2.45, 2.75) is 20.4 Å². The largest absolute Gasteiger partial charge is 0.326 e. The van der Waals surface area contributed by atoms with Crippen LogP contribution in [0, 0.1) is 19.7 Å². The summed E-state index contributed by atoms with van der Waals surface area (Å²) in [6.45, 7) is 4.36. The Balaban J connectivity index is 2.52. The van der Waals surface area contributed by atoms with Crippen LogP contribution >= 0.6 is 0 Å². The normalized spacial score (nSPS) is 10.8. The molecule has 0 bridgehead atoms. The van der Waals surface area contributed by atoms with E-state index in [1.807, 2.05) is 13.8 Å². The van der Waals surface area contributed by atoms with Crippen LogP contribution in [-0.2, 0) is 6.54 Å². The van der Waals surface area contributed by atoms with E-state index in [1.54, 1.807) is 16.8 Å². The smallest absolute Gasteiger partial charge is 0.123 e. The van der Waals surface area contributed by atoms with Crippen molar-refractivity contribution in [3.8, 4) is 5.69 Å². The van der Waals surface area contributed by atoms with E-state index in [2.05, 4.69) is 5.10 Å². The summed E-state index contributed by atoms with van der Waals surface area (Å²) in [7, 11) is 0. The molecule has 0 fully saturated rings. The molecule has 2 N–H and O–H groups in total. The molecule has 1 aromatic carbocycles. The minimum absolute atomic E-state index is 0.246. The van der Waals surface area contributed by atoms with Crippen LogP contribution < -0.4 is 5.73 Å².